The van der Waals surface area contributed by atoms with Gasteiger partial charge in [-0.25, -0.2) is 4.79 Å². The number of rotatable bonds is 4. The Hall–Kier alpha value is -1.91. The van der Waals surface area contributed by atoms with E-state index >= 15 is 0 Å². The molecular formula is C12H18N2O3. The molecule has 0 bridgehead atoms. The fourth-order valence-corrected chi connectivity index (χ4v) is 1.16. The zero-order chi connectivity index (χ0) is 12.8. The highest BCUT2D eigenvalue weighted by Gasteiger charge is 2.08. The van der Waals surface area contributed by atoms with Gasteiger partial charge in [0.1, 0.15) is 5.75 Å². The van der Waals surface area contributed by atoms with E-state index in [4.69, 9.17) is 15.2 Å². The van der Waals surface area contributed by atoms with Crippen LogP contribution in [0.25, 0.3) is 0 Å². The zero-order valence-electron chi connectivity index (χ0n) is 10.3. The molecular weight excluding hydrogens is 220 g/mol. The molecule has 94 valence electrons. The lowest BCUT2D eigenvalue weighted by Gasteiger charge is -2.11. The Balaban J connectivity index is 2.64. The van der Waals surface area contributed by atoms with Crippen LogP contribution in [0.2, 0.25) is 0 Å². The highest BCUT2D eigenvalue weighted by molar-refractivity contribution is 5.89. The summed E-state index contributed by atoms with van der Waals surface area (Å²) in [4.78, 5) is 11.4. The van der Waals surface area contributed by atoms with Crippen molar-refractivity contribution in [2.45, 2.75) is 13.8 Å². The molecule has 0 saturated heterocycles. The third-order valence-electron chi connectivity index (χ3n) is 2.04. The van der Waals surface area contributed by atoms with E-state index in [2.05, 4.69) is 5.32 Å². The molecule has 0 saturated carbocycles. The molecule has 0 fully saturated rings. The molecule has 3 N–H and O–H groups in total. The van der Waals surface area contributed by atoms with Gasteiger partial charge < -0.3 is 15.2 Å². The number of benzene rings is 1. The van der Waals surface area contributed by atoms with Crippen LogP contribution in [-0.4, -0.2) is 19.8 Å². The maximum absolute atomic E-state index is 11.4. The van der Waals surface area contributed by atoms with Crippen molar-refractivity contribution in [2.24, 2.45) is 5.92 Å². The second-order valence-corrected chi connectivity index (χ2v) is 4.07. The number of hydrogen-bond acceptors (Lipinski definition) is 4. The van der Waals surface area contributed by atoms with Gasteiger partial charge in [0.15, 0.2) is 0 Å². The standard InChI is InChI=1S/C12H18N2O3/c1-8(2)7-17-12(15)14-11-6-9(16-3)4-5-10(11)13/h4-6,8H,7,13H2,1-3H3,(H,14,15). The van der Waals surface area contributed by atoms with Crippen molar-refractivity contribution >= 4 is 17.5 Å². The number of carbonyl (C=O) groups is 1. The van der Waals surface area contributed by atoms with Crippen LogP contribution in [0.4, 0.5) is 16.2 Å². The van der Waals surface area contributed by atoms with Crippen LogP contribution >= 0.6 is 0 Å². The SMILES string of the molecule is COc1ccc(N)c(NC(=O)OCC(C)C)c1. The highest BCUT2D eigenvalue weighted by atomic mass is 16.5. The summed E-state index contributed by atoms with van der Waals surface area (Å²) in [6.07, 6.45) is -0.515. The van der Waals surface area contributed by atoms with Crippen molar-refractivity contribution in [3.8, 4) is 5.75 Å². The predicted octanol–water partition coefficient (Wildman–Crippen LogP) is 2.48. The fraction of sp³-hybridized carbons (Fsp3) is 0.417. The summed E-state index contributed by atoms with van der Waals surface area (Å²) >= 11 is 0. The molecule has 0 aliphatic heterocycles. The number of amides is 1. The third kappa shape index (κ3) is 4.22. The minimum atomic E-state index is -0.515. The molecule has 1 aromatic rings. The summed E-state index contributed by atoms with van der Waals surface area (Å²) < 4.78 is 10.0. The number of anilines is 2. The first-order chi connectivity index (χ1) is 8.02. The van der Waals surface area contributed by atoms with Crippen LogP contribution in [0.15, 0.2) is 18.2 Å². The number of methoxy groups -OCH3 is 1. The van der Waals surface area contributed by atoms with Crippen molar-refractivity contribution in [2.75, 3.05) is 24.8 Å². The van der Waals surface area contributed by atoms with Gasteiger partial charge in [-0.1, -0.05) is 13.8 Å². The Morgan fingerprint density at radius 3 is 2.76 bits per heavy atom. The van der Waals surface area contributed by atoms with Gasteiger partial charge in [-0.05, 0) is 18.1 Å². The number of ether oxygens (including phenoxy) is 2. The van der Waals surface area contributed by atoms with Gasteiger partial charge in [0.2, 0.25) is 0 Å². The molecule has 5 nitrogen and oxygen atoms in total. The molecule has 0 spiro atoms. The summed E-state index contributed by atoms with van der Waals surface area (Å²) in [5.74, 6) is 0.918. The lowest BCUT2D eigenvalue weighted by molar-refractivity contribution is 0.147. The Morgan fingerprint density at radius 2 is 2.18 bits per heavy atom. The molecule has 0 aliphatic rings. The van der Waals surface area contributed by atoms with Gasteiger partial charge in [0, 0.05) is 6.07 Å². The largest absolute Gasteiger partial charge is 0.497 e. The van der Waals surface area contributed by atoms with Gasteiger partial charge in [0.05, 0.1) is 25.1 Å². The van der Waals surface area contributed by atoms with Gasteiger partial charge in [0.25, 0.3) is 0 Å². The molecule has 0 aliphatic carbocycles. The summed E-state index contributed by atoms with van der Waals surface area (Å²) in [7, 11) is 1.55. The lowest BCUT2D eigenvalue weighted by atomic mass is 10.2. The smallest absolute Gasteiger partial charge is 0.411 e. The molecule has 1 aromatic carbocycles. The van der Waals surface area contributed by atoms with Gasteiger partial charge >= 0.3 is 6.09 Å². The van der Waals surface area contributed by atoms with Crippen LogP contribution in [0.5, 0.6) is 5.75 Å². The maximum Gasteiger partial charge on any atom is 0.411 e. The second-order valence-electron chi connectivity index (χ2n) is 4.07. The highest BCUT2D eigenvalue weighted by Crippen LogP contribution is 2.24. The lowest BCUT2D eigenvalue weighted by Crippen LogP contribution is -2.17. The maximum atomic E-state index is 11.4. The van der Waals surface area contributed by atoms with E-state index in [-0.39, 0.29) is 0 Å². The zero-order valence-corrected chi connectivity index (χ0v) is 10.3. The number of nitrogens with two attached hydrogens (primary N) is 1. The minimum absolute atomic E-state index is 0.295. The molecule has 1 rings (SSSR count). The first kappa shape index (κ1) is 13.2. The van der Waals surface area contributed by atoms with Crippen molar-refractivity contribution in [3.05, 3.63) is 18.2 Å². The van der Waals surface area contributed by atoms with E-state index in [0.29, 0.717) is 29.6 Å². The van der Waals surface area contributed by atoms with Crippen molar-refractivity contribution in [1.29, 1.82) is 0 Å². The molecule has 0 unspecified atom stereocenters. The summed E-state index contributed by atoms with van der Waals surface area (Å²) in [5.41, 5.74) is 6.67. The van der Waals surface area contributed by atoms with Crippen LogP contribution in [0.3, 0.4) is 0 Å². The molecule has 1 amide bonds. The fourth-order valence-electron chi connectivity index (χ4n) is 1.16. The van der Waals surface area contributed by atoms with Crippen LogP contribution in [-0.2, 0) is 4.74 Å². The summed E-state index contributed by atoms with van der Waals surface area (Å²) in [6.45, 7) is 4.30. The molecule has 0 radical (unpaired) electrons. The van der Waals surface area contributed by atoms with E-state index < -0.39 is 6.09 Å². The average molecular weight is 238 g/mol. The third-order valence-corrected chi connectivity index (χ3v) is 2.04. The van der Waals surface area contributed by atoms with Crippen molar-refractivity contribution < 1.29 is 14.3 Å². The Morgan fingerprint density at radius 1 is 1.47 bits per heavy atom. The van der Waals surface area contributed by atoms with Gasteiger partial charge in [-0.15, -0.1) is 0 Å². The van der Waals surface area contributed by atoms with E-state index in [9.17, 15) is 4.79 Å². The number of carbonyl (C=O) groups excluding carboxylic acids is 1. The van der Waals surface area contributed by atoms with E-state index in [1.165, 1.54) is 0 Å². The quantitative estimate of drug-likeness (QED) is 0.790. The normalized spacial score (nSPS) is 10.1. The Labute approximate surface area is 101 Å². The monoisotopic (exact) mass is 238 g/mol. The van der Waals surface area contributed by atoms with Crippen LogP contribution < -0.4 is 15.8 Å². The van der Waals surface area contributed by atoms with Crippen molar-refractivity contribution in [3.63, 3.8) is 0 Å². The van der Waals surface area contributed by atoms with Gasteiger partial charge in [-0.2, -0.15) is 0 Å². The predicted molar refractivity (Wildman–Crippen MR) is 67.2 cm³/mol. The topological polar surface area (TPSA) is 73.6 Å². The molecule has 0 aromatic heterocycles. The van der Waals surface area contributed by atoms with Gasteiger partial charge in [-0.3, -0.25) is 5.32 Å². The molecule has 17 heavy (non-hydrogen) atoms. The first-order valence-electron chi connectivity index (χ1n) is 5.40. The minimum Gasteiger partial charge on any atom is -0.497 e. The molecule has 0 atom stereocenters. The van der Waals surface area contributed by atoms with E-state index in [0.717, 1.165) is 0 Å². The summed E-state index contributed by atoms with van der Waals surface area (Å²) in [6, 6.07) is 5.03. The summed E-state index contributed by atoms with van der Waals surface area (Å²) in [5, 5.41) is 2.57. The molecule has 0 heterocycles. The van der Waals surface area contributed by atoms with E-state index in [1.54, 1.807) is 25.3 Å². The van der Waals surface area contributed by atoms with Crippen molar-refractivity contribution in [1.82, 2.24) is 0 Å². The van der Waals surface area contributed by atoms with Crippen LogP contribution in [0, 0.1) is 5.92 Å². The number of hydrogen-bond donors (Lipinski definition) is 2. The first-order valence-corrected chi connectivity index (χ1v) is 5.40. The second kappa shape index (κ2) is 5.98. The number of nitrogen functional groups attached to an aromatic ring is 1. The Kier molecular flexibility index (Phi) is 4.63. The number of nitrogens with one attached hydrogen (secondary N) is 1. The Bertz CT molecular complexity index is 391. The average Bonchev–Trinajstić information content (AvgIpc) is 2.29. The molecule has 5 heteroatoms. The van der Waals surface area contributed by atoms with Crippen LogP contribution in [0.1, 0.15) is 13.8 Å². The van der Waals surface area contributed by atoms with E-state index in [1.807, 2.05) is 13.8 Å².